The fourth-order valence-electron chi connectivity index (χ4n) is 2.92. The number of thioether (sulfide) groups is 1. The van der Waals surface area contributed by atoms with Crippen molar-refractivity contribution in [2.45, 2.75) is 36.7 Å². The first kappa shape index (κ1) is 22.0. The van der Waals surface area contributed by atoms with Gasteiger partial charge in [-0.1, -0.05) is 29.8 Å². The number of nitrogens with one attached hydrogen (secondary N) is 3. The maximum atomic E-state index is 13.1. The maximum Gasteiger partial charge on any atom is 0.418 e. The summed E-state index contributed by atoms with van der Waals surface area (Å²) in [5.74, 6) is 0.184. The number of guanidine groups is 1. The highest BCUT2D eigenvalue weighted by Crippen LogP contribution is 2.34. The van der Waals surface area contributed by atoms with Crippen LogP contribution in [-0.2, 0) is 11.0 Å². The van der Waals surface area contributed by atoms with Crippen molar-refractivity contribution in [3.8, 4) is 0 Å². The number of amides is 1. The number of halogens is 3. The molecule has 2 aromatic rings. The fourth-order valence-corrected chi connectivity index (χ4v) is 3.85. The quantitative estimate of drug-likeness (QED) is 0.327. The highest BCUT2D eigenvalue weighted by Gasteiger charge is 2.33. The predicted octanol–water partition coefficient (Wildman–Crippen LogP) is 3.29. The number of aliphatic imine (C=N–C) groups is 1. The number of aryl methyl sites for hydroxylation is 1. The highest BCUT2D eigenvalue weighted by molar-refractivity contribution is 7.99. The summed E-state index contributed by atoms with van der Waals surface area (Å²) in [7, 11) is 0. The van der Waals surface area contributed by atoms with Crippen molar-refractivity contribution in [3.05, 3.63) is 59.7 Å². The lowest BCUT2D eigenvalue weighted by Gasteiger charge is -2.29. The van der Waals surface area contributed by atoms with Crippen molar-refractivity contribution in [2.75, 3.05) is 11.1 Å². The van der Waals surface area contributed by atoms with Gasteiger partial charge in [0, 0.05) is 23.1 Å². The lowest BCUT2D eigenvalue weighted by molar-refractivity contribution is -0.137. The SMILES string of the molecule is Cc1ccc(SCC2CC(=O)NC(/N=C(\N)Nc3ccccc3C(F)(F)F)N2)cc1. The van der Waals surface area contributed by atoms with Gasteiger partial charge in [-0.05, 0) is 31.2 Å². The van der Waals surface area contributed by atoms with E-state index in [-0.39, 0.29) is 30.0 Å². The summed E-state index contributed by atoms with van der Waals surface area (Å²) in [6.07, 6.45) is -5.09. The molecule has 1 aliphatic rings. The summed E-state index contributed by atoms with van der Waals surface area (Å²) in [6.45, 7) is 2.01. The molecule has 3 rings (SSSR count). The number of nitrogens with zero attached hydrogens (tertiary/aromatic N) is 1. The van der Waals surface area contributed by atoms with Gasteiger partial charge in [0.1, 0.15) is 0 Å². The van der Waals surface area contributed by atoms with Crippen LogP contribution < -0.4 is 21.7 Å². The van der Waals surface area contributed by atoms with E-state index in [9.17, 15) is 18.0 Å². The standard InChI is InChI=1S/C20H22F3N5OS/c1-12-6-8-14(9-7-12)30-11-13-10-17(29)27-19(25-13)28-18(24)26-16-5-3-2-4-15(16)20(21,22)23/h2-9,13,19,25H,10-11H2,1H3,(H,27,29)(H3,24,26,28). The van der Waals surface area contributed by atoms with Gasteiger partial charge in [0.2, 0.25) is 5.91 Å². The van der Waals surface area contributed by atoms with E-state index in [0.29, 0.717) is 5.75 Å². The van der Waals surface area contributed by atoms with Gasteiger partial charge in [-0.2, -0.15) is 13.2 Å². The molecule has 2 aromatic carbocycles. The minimum absolute atomic E-state index is 0.158. The van der Waals surface area contributed by atoms with Gasteiger partial charge in [-0.15, -0.1) is 11.8 Å². The van der Waals surface area contributed by atoms with Crippen LogP contribution >= 0.6 is 11.8 Å². The van der Waals surface area contributed by atoms with Gasteiger partial charge in [0.25, 0.3) is 0 Å². The molecule has 5 N–H and O–H groups in total. The molecule has 0 spiro atoms. The molecule has 1 fully saturated rings. The Morgan fingerprint density at radius 2 is 1.93 bits per heavy atom. The first-order valence-electron chi connectivity index (χ1n) is 9.22. The minimum Gasteiger partial charge on any atom is -0.370 e. The van der Waals surface area contributed by atoms with E-state index in [1.165, 1.54) is 23.8 Å². The summed E-state index contributed by atoms with van der Waals surface area (Å²) in [6, 6.07) is 12.9. The lowest BCUT2D eigenvalue weighted by atomic mass is 10.1. The zero-order valence-corrected chi connectivity index (χ0v) is 17.0. The Bertz CT molecular complexity index is 917. The Kier molecular flexibility index (Phi) is 6.88. The number of hydrogen-bond donors (Lipinski definition) is 4. The van der Waals surface area contributed by atoms with E-state index in [1.54, 1.807) is 11.8 Å². The molecule has 2 unspecified atom stereocenters. The first-order chi connectivity index (χ1) is 14.2. The maximum absolute atomic E-state index is 13.1. The van der Waals surface area contributed by atoms with Crippen LogP contribution in [0.3, 0.4) is 0 Å². The van der Waals surface area contributed by atoms with Crippen molar-refractivity contribution >= 4 is 29.3 Å². The number of alkyl halides is 3. The smallest absolute Gasteiger partial charge is 0.370 e. The van der Waals surface area contributed by atoms with E-state index in [0.717, 1.165) is 11.0 Å². The van der Waals surface area contributed by atoms with E-state index < -0.39 is 18.0 Å². The molecule has 30 heavy (non-hydrogen) atoms. The molecule has 0 aliphatic carbocycles. The summed E-state index contributed by atoms with van der Waals surface area (Å²) >= 11 is 1.60. The zero-order chi connectivity index (χ0) is 21.7. The molecule has 1 amide bonds. The van der Waals surface area contributed by atoms with Crippen LogP contribution in [0.25, 0.3) is 0 Å². The van der Waals surface area contributed by atoms with Crippen molar-refractivity contribution < 1.29 is 18.0 Å². The number of anilines is 1. The third-order valence-electron chi connectivity index (χ3n) is 4.36. The van der Waals surface area contributed by atoms with Crippen molar-refractivity contribution in [2.24, 2.45) is 10.7 Å². The van der Waals surface area contributed by atoms with Crippen molar-refractivity contribution in [1.29, 1.82) is 0 Å². The molecule has 1 aliphatic heterocycles. The Morgan fingerprint density at radius 1 is 1.23 bits per heavy atom. The van der Waals surface area contributed by atoms with Crippen molar-refractivity contribution in [3.63, 3.8) is 0 Å². The number of carbonyl (C=O) groups excluding carboxylic acids is 1. The monoisotopic (exact) mass is 437 g/mol. The van der Waals surface area contributed by atoms with Crippen LogP contribution in [0.15, 0.2) is 58.4 Å². The van der Waals surface area contributed by atoms with Gasteiger partial charge in [-0.25, -0.2) is 4.99 Å². The number of benzene rings is 2. The van der Waals surface area contributed by atoms with Gasteiger partial charge in [0.05, 0.1) is 11.3 Å². The van der Waals surface area contributed by atoms with E-state index in [4.69, 9.17) is 5.73 Å². The summed E-state index contributed by atoms with van der Waals surface area (Å²) in [5, 5.41) is 8.24. The second kappa shape index (κ2) is 9.40. The van der Waals surface area contributed by atoms with E-state index >= 15 is 0 Å². The Labute approximate surface area is 176 Å². The van der Waals surface area contributed by atoms with Crippen LogP contribution in [0.2, 0.25) is 0 Å². The molecule has 2 atom stereocenters. The average Bonchev–Trinajstić information content (AvgIpc) is 2.66. The molecule has 0 radical (unpaired) electrons. The van der Waals surface area contributed by atoms with Crippen LogP contribution in [0.5, 0.6) is 0 Å². The van der Waals surface area contributed by atoms with Crippen LogP contribution in [0, 0.1) is 6.92 Å². The van der Waals surface area contributed by atoms with E-state index in [2.05, 4.69) is 20.9 Å². The first-order valence-corrected chi connectivity index (χ1v) is 10.2. The molecule has 1 heterocycles. The Hall–Kier alpha value is -2.72. The molecular formula is C20H22F3N5OS. The molecule has 0 bridgehead atoms. The molecular weight excluding hydrogens is 415 g/mol. The number of para-hydroxylation sites is 1. The van der Waals surface area contributed by atoms with Gasteiger partial charge >= 0.3 is 6.18 Å². The van der Waals surface area contributed by atoms with Gasteiger partial charge in [0.15, 0.2) is 12.2 Å². The van der Waals surface area contributed by atoms with Crippen LogP contribution in [0.4, 0.5) is 18.9 Å². The van der Waals surface area contributed by atoms with Crippen LogP contribution in [-0.4, -0.2) is 30.0 Å². The number of carbonyl (C=O) groups is 1. The average molecular weight is 437 g/mol. The topological polar surface area (TPSA) is 91.5 Å². The zero-order valence-electron chi connectivity index (χ0n) is 16.2. The van der Waals surface area contributed by atoms with Crippen molar-refractivity contribution in [1.82, 2.24) is 10.6 Å². The molecule has 1 saturated heterocycles. The largest absolute Gasteiger partial charge is 0.418 e. The third kappa shape index (κ3) is 6.14. The summed E-state index contributed by atoms with van der Waals surface area (Å²) in [4.78, 5) is 17.2. The number of hydrogen-bond acceptors (Lipinski definition) is 4. The van der Waals surface area contributed by atoms with Gasteiger partial charge < -0.3 is 16.4 Å². The number of nitrogens with two attached hydrogens (primary N) is 1. The minimum atomic E-state index is -4.53. The Balaban J connectivity index is 1.63. The van der Waals surface area contributed by atoms with E-state index in [1.807, 2.05) is 31.2 Å². The summed E-state index contributed by atoms with van der Waals surface area (Å²) in [5.41, 5.74) is 5.90. The summed E-state index contributed by atoms with van der Waals surface area (Å²) < 4.78 is 39.3. The molecule has 0 aromatic heterocycles. The van der Waals surface area contributed by atoms with Gasteiger partial charge in [-0.3, -0.25) is 10.1 Å². The normalized spacial score (nSPS) is 20.0. The molecule has 10 heteroatoms. The molecule has 160 valence electrons. The highest BCUT2D eigenvalue weighted by atomic mass is 32.2. The second-order valence-electron chi connectivity index (χ2n) is 6.84. The third-order valence-corrected chi connectivity index (χ3v) is 5.53. The predicted molar refractivity (Wildman–Crippen MR) is 112 cm³/mol. The Morgan fingerprint density at radius 3 is 2.63 bits per heavy atom. The number of rotatable bonds is 5. The van der Waals surface area contributed by atoms with Crippen LogP contribution in [0.1, 0.15) is 17.5 Å². The fraction of sp³-hybridized carbons (Fsp3) is 0.300. The molecule has 0 saturated carbocycles. The molecule has 6 nitrogen and oxygen atoms in total. The second-order valence-corrected chi connectivity index (χ2v) is 7.94. The lowest BCUT2D eigenvalue weighted by Crippen LogP contribution is -2.57.